The largest absolute Gasteiger partial charge is 0.300 e. The molecule has 0 N–H and O–H groups in total. The van der Waals surface area contributed by atoms with E-state index in [0.29, 0.717) is 0 Å². The fourth-order valence-electron chi connectivity index (χ4n) is 0.351. The predicted octanol–water partition coefficient (Wildman–Crippen LogP) is 0.174. The van der Waals surface area contributed by atoms with E-state index in [1.807, 2.05) is 0 Å². The third kappa shape index (κ3) is 10.0. The van der Waals surface area contributed by atoms with Crippen molar-refractivity contribution in [3.05, 3.63) is 0 Å². The van der Waals surface area contributed by atoms with Crippen LogP contribution in [0.15, 0.2) is 0 Å². The average Bonchev–Trinajstić information content (AvgIpc) is 1.27. The molecule has 0 spiro atoms. The van der Waals surface area contributed by atoms with Gasteiger partial charge in [-0.1, -0.05) is 0 Å². The van der Waals surface area contributed by atoms with E-state index in [9.17, 15) is 9.59 Å². The van der Waals surface area contributed by atoms with Crippen molar-refractivity contribution in [2.45, 2.75) is 20.3 Å². The molecule has 0 aromatic carbocycles. The molecule has 0 aliphatic heterocycles. The van der Waals surface area contributed by atoms with E-state index in [1.165, 1.54) is 13.8 Å². The van der Waals surface area contributed by atoms with Crippen LogP contribution in [0.3, 0.4) is 0 Å². The average molecular weight is 237 g/mol. The van der Waals surface area contributed by atoms with E-state index >= 15 is 0 Å². The SMILES string of the molecule is CC(=O)CC(C)=O.[Ba]. The molecule has 0 fully saturated rings. The van der Waals surface area contributed by atoms with Crippen molar-refractivity contribution in [1.82, 2.24) is 0 Å². The fraction of sp³-hybridized carbons (Fsp3) is 0.600. The molecule has 0 rings (SSSR count). The van der Waals surface area contributed by atoms with Gasteiger partial charge in [0.2, 0.25) is 0 Å². The van der Waals surface area contributed by atoms with E-state index in [0.717, 1.165) is 0 Å². The Morgan fingerprint density at radius 3 is 1.38 bits per heavy atom. The molecule has 0 aliphatic rings. The molecular formula is C5H8BaO2. The normalized spacial score (nSPS) is 7.25. The first kappa shape index (κ1) is 11.7. The van der Waals surface area contributed by atoms with Crippen LogP contribution in [0.1, 0.15) is 20.3 Å². The van der Waals surface area contributed by atoms with Gasteiger partial charge in [0.25, 0.3) is 0 Å². The number of ketones is 2. The predicted molar refractivity (Wildman–Crippen MR) is 31.7 cm³/mol. The standard InChI is InChI=1S/C5H8O2.Ba/c1-4(6)3-5(2)7;/h3H2,1-2H3;. The summed E-state index contributed by atoms with van der Waals surface area (Å²) in [5.41, 5.74) is 0. The number of hydrogen-bond acceptors (Lipinski definition) is 2. The molecule has 0 unspecified atom stereocenters. The second-order valence-electron chi connectivity index (χ2n) is 1.58. The molecule has 3 heteroatoms. The minimum absolute atomic E-state index is 0. The number of rotatable bonds is 2. The number of carbonyl (C=O) groups excluding carboxylic acids is 2. The van der Waals surface area contributed by atoms with Crippen molar-refractivity contribution in [2.75, 3.05) is 0 Å². The van der Waals surface area contributed by atoms with Crippen LogP contribution in [-0.2, 0) is 9.59 Å². The van der Waals surface area contributed by atoms with Crippen molar-refractivity contribution < 1.29 is 9.59 Å². The van der Waals surface area contributed by atoms with Crippen molar-refractivity contribution >= 4 is 60.4 Å². The molecule has 0 aromatic rings. The van der Waals surface area contributed by atoms with E-state index in [4.69, 9.17) is 0 Å². The Morgan fingerprint density at radius 1 is 1.12 bits per heavy atom. The molecule has 0 bridgehead atoms. The van der Waals surface area contributed by atoms with Gasteiger partial charge in [-0.2, -0.15) is 0 Å². The molecule has 2 nitrogen and oxygen atoms in total. The van der Waals surface area contributed by atoms with Gasteiger partial charge in [-0.25, -0.2) is 0 Å². The van der Waals surface area contributed by atoms with Crippen LogP contribution in [0.25, 0.3) is 0 Å². The summed E-state index contributed by atoms with van der Waals surface area (Å²) < 4.78 is 0. The van der Waals surface area contributed by atoms with Gasteiger partial charge in [-0.05, 0) is 13.8 Å². The molecule has 0 aliphatic carbocycles. The van der Waals surface area contributed by atoms with Crippen molar-refractivity contribution in [1.29, 1.82) is 0 Å². The van der Waals surface area contributed by atoms with Crippen molar-refractivity contribution in [3.8, 4) is 0 Å². The molecule has 0 aromatic heterocycles. The van der Waals surface area contributed by atoms with E-state index in [2.05, 4.69) is 0 Å². The van der Waals surface area contributed by atoms with Crippen LogP contribution >= 0.6 is 0 Å². The quantitative estimate of drug-likeness (QED) is 0.507. The van der Waals surface area contributed by atoms with Gasteiger partial charge in [-0.15, -0.1) is 0 Å². The molecule has 2 radical (unpaired) electrons. The van der Waals surface area contributed by atoms with Gasteiger partial charge in [0.05, 0.1) is 6.42 Å². The Labute approximate surface area is 89.1 Å². The summed E-state index contributed by atoms with van der Waals surface area (Å²) in [5, 5.41) is 0. The summed E-state index contributed by atoms with van der Waals surface area (Å²) in [6.07, 6.45) is 0.0833. The van der Waals surface area contributed by atoms with Crippen LogP contribution in [0.5, 0.6) is 0 Å². The van der Waals surface area contributed by atoms with Crippen LogP contribution in [0, 0.1) is 0 Å². The van der Waals surface area contributed by atoms with Gasteiger partial charge in [0.15, 0.2) is 0 Å². The first-order valence-electron chi connectivity index (χ1n) is 2.12. The molecule has 0 amide bonds. The second-order valence-corrected chi connectivity index (χ2v) is 1.58. The molecular weight excluding hydrogens is 229 g/mol. The molecule has 8 heavy (non-hydrogen) atoms. The van der Waals surface area contributed by atoms with Crippen LogP contribution in [0.2, 0.25) is 0 Å². The summed E-state index contributed by atoms with van der Waals surface area (Å²) in [5.74, 6) is -0.125. The summed E-state index contributed by atoms with van der Waals surface area (Å²) >= 11 is 0. The van der Waals surface area contributed by atoms with E-state index in [1.54, 1.807) is 0 Å². The van der Waals surface area contributed by atoms with Crippen LogP contribution in [-0.4, -0.2) is 60.4 Å². The van der Waals surface area contributed by atoms with E-state index < -0.39 is 0 Å². The monoisotopic (exact) mass is 238 g/mol. The summed E-state index contributed by atoms with van der Waals surface area (Å²) in [6, 6.07) is 0. The van der Waals surface area contributed by atoms with E-state index in [-0.39, 0.29) is 66.9 Å². The summed E-state index contributed by atoms with van der Waals surface area (Å²) in [7, 11) is 0. The molecule has 0 saturated heterocycles. The number of carbonyl (C=O) groups is 2. The molecule has 0 saturated carbocycles. The zero-order valence-corrected chi connectivity index (χ0v) is 9.67. The van der Waals surface area contributed by atoms with Gasteiger partial charge in [-0.3, -0.25) is 9.59 Å². The van der Waals surface area contributed by atoms with Gasteiger partial charge in [0.1, 0.15) is 11.6 Å². The van der Waals surface area contributed by atoms with Crippen molar-refractivity contribution in [2.24, 2.45) is 0 Å². The van der Waals surface area contributed by atoms with Crippen LogP contribution in [0.4, 0.5) is 0 Å². The maximum absolute atomic E-state index is 10.0. The smallest absolute Gasteiger partial charge is 0.137 e. The first-order chi connectivity index (χ1) is 3.13. The summed E-state index contributed by atoms with van der Waals surface area (Å²) in [6.45, 7) is 2.81. The zero-order valence-electron chi connectivity index (χ0n) is 5.23. The topological polar surface area (TPSA) is 34.1 Å². The van der Waals surface area contributed by atoms with Gasteiger partial charge in [0, 0.05) is 48.9 Å². The first-order valence-corrected chi connectivity index (χ1v) is 2.12. The molecule has 0 heterocycles. The van der Waals surface area contributed by atoms with Crippen molar-refractivity contribution in [3.63, 3.8) is 0 Å². The minimum atomic E-state index is -0.0625. The van der Waals surface area contributed by atoms with Gasteiger partial charge < -0.3 is 0 Å². The third-order valence-corrected chi connectivity index (χ3v) is 0.498. The number of Topliss-reactive ketones (excluding diaryl/α,β-unsaturated/α-hetero) is 2. The molecule has 42 valence electrons. The Hall–Kier alpha value is 0.911. The maximum atomic E-state index is 10.0. The van der Waals surface area contributed by atoms with Crippen LogP contribution < -0.4 is 0 Å². The fourth-order valence-corrected chi connectivity index (χ4v) is 0.351. The third-order valence-electron chi connectivity index (χ3n) is 0.498. The Balaban J connectivity index is 0. The van der Waals surface area contributed by atoms with Gasteiger partial charge >= 0.3 is 0 Å². The Kier molecular flexibility index (Phi) is 8.81. The Morgan fingerprint density at radius 2 is 1.38 bits per heavy atom. The Bertz CT molecular complexity index is 86.6. The maximum Gasteiger partial charge on any atom is 0.137 e. The zero-order chi connectivity index (χ0) is 5.86. The minimum Gasteiger partial charge on any atom is -0.300 e. The number of hydrogen-bond donors (Lipinski definition) is 0. The summed E-state index contributed by atoms with van der Waals surface area (Å²) in [4.78, 5) is 20.1. The second kappa shape index (κ2) is 6.04. The molecule has 0 atom stereocenters.